The maximum Gasteiger partial charge on any atom is 0.490 e. The van der Waals surface area contributed by atoms with E-state index in [2.05, 4.69) is 10.1 Å². The lowest BCUT2D eigenvalue weighted by atomic mass is 10.7. The van der Waals surface area contributed by atoms with Crippen LogP contribution in [0.1, 0.15) is 0 Å². The molecule has 1 heterocycles. The first-order chi connectivity index (χ1) is 5.24. The van der Waals surface area contributed by atoms with Crippen molar-refractivity contribution in [2.45, 2.75) is 6.54 Å². The number of nitro groups is 1. The highest BCUT2D eigenvalue weighted by Gasteiger charge is 2.11. The minimum Gasteiger partial charge on any atom is -0.390 e. The first-order valence-corrected chi connectivity index (χ1v) is 2.98. The van der Waals surface area contributed by atoms with E-state index in [1.54, 1.807) is 0 Å². The molecule has 1 rings (SSSR count). The lowest BCUT2D eigenvalue weighted by molar-refractivity contribution is -0.394. The van der Waals surface area contributed by atoms with Crippen molar-refractivity contribution in [3.63, 3.8) is 0 Å². The molecule has 60 valence electrons. The number of hydrogen-bond acceptors (Lipinski definition) is 5. The maximum absolute atomic E-state index is 10.1. The standard InChI is InChI=1S/C4H7N5O2/c5-1-2-8-3-6-4(7-8)9(10)11/h3H,1-2,5H2. The molecule has 1 aromatic rings. The van der Waals surface area contributed by atoms with Gasteiger partial charge >= 0.3 is 5.95 Å². The highest BCUT2D eigenvalue weighted by atomic mass is 16.6. The second kappa shape index (κ2) is 3.06. The molecule has 0 bridgehead atoms. The van der Waals surface area contributed by atoms with Crippen LogP contribution in [0.25, 0.3) is 0 Å². The monoisotopic (exact) mass is 157 g/mol. The Balaban J connectivity index is 2.73. The summed E-state index contributed by atoms with van der Waals surface area (Å²) in [6.45, 7) is 0.835. The summed E-state index contributed by atoms with van der Waals surface area (Å²) in [7, 11) is 0. The van der Waals surface area contributed by atoms with E-state index in [9.17, 15) is 10.1 Å². The summed E-state index contributed by atoms with van der Waals surface area (Å²) in [5.41, 5.74) is 5.19. The number of aromatic nitrogens is 3. The fourth-order valence-corrected chi connectivity index (χ4v) is 0.608. The highest BCUT2D eigenvalue weighted by molar-refractivity contribution is 4.96. The molecule has 0 amide bonds. The Morgan fingerprint density at radius 2 is 2.55 bits per heavy atom. The van der Waals surface area contributed by atoms with E-state index in [1.807, 2.05) is 0 Å². The molecule has 1 aromatic heterocycles. The Kier molecular flexibility index (Phi) is 2.12. The zero-order chi connectivity index (χ0) is 8.27. The van der Waals surface area contributed by atoms with Gasteiger partial charge in [-0.3, -0.25) is 0 Å². The van der Waals surface area contributed by atoms with Crippen LogP contribution in [0.4, 0.5) is 5.95 Å². The van der Waals surface area contributed by atoms with Gasteiger partial charge in [0.2, 0.25) is 6.33 Å². The summed E-state index contributed by atoms with van der Waals surface area (Å²) in [6.07, 6.45) is 1.28. The van der Waals surface area contributed by atoms with Crippen molar-refractivity contribution >= 4 is 5.95 Å². The molecule has 7 heteroatoms. The van der Waals surface area contributed by atoms with Gasteiger partial charge in [0.1, 0.15) is 0 Å². The molecule has 11 heavy (non-hydrogen) atoms. The number of hydrogen-bond donors (Lipinski definition) is 1. The van der Waals surface area contributed by atoms with E-state index in [4.69, 9.17) is 5.73 Å². The number of rotatable bonds is 3. The molecule has 0 radical (unpaired) electrons. The van der Waals surface area contributed by atoms with Crippen LogP contribution in [-0.4, -0.2) is 26.2 Å². The van der Waals surface area contributed by atoms with Crippen molar-refractivity contribution in [2.24, 2.45) is 5.73 Å². The zero-order valence-corrected chi connectivity index (χ0v) is 5.67. The van der Waals surface area contributed by atoms with Crippen LogP contribution in [-0.2, 0) is 6.54 Å². The second-order valence-corrected chi connectivity index (χ2v) is 1.85. The Morgan fingerprint density at radius 1 is 1.82 bits per heavy atom. The first-order valence-electron chi connectivity index (χ1n) is 2.98. The van der Waals surface area contributed by atoms with E-state index in [-0.39, 0.29) is 0 Å². The Labute approximate surface area is 62.0 Å². The molecule has 7 nitrogen and oxygen atoms in total. The minimum atomic E-state index is -0.646. The van der Waals surface area contributed by atoms with Crippen molar-refractivity contribution in [3.05, 3.63) is 16.4 Å². The Hall–Kier alpha value is -1.50. The Morgan fingerprint density at radius 3 is 3.00 bits per heavy atom. The summed E-state index contributed by atoms with van der Waals surface area (Å²) < 4.78 is 1.33. The average Bonchev–Trinajstić information content (AvgIpc) is 2.37. The lowest BCUT2D eigenvalue weighted by Crippen LogP contribution is -2.10. The van der Waals surface area contributed by atoms with Crippen molar-refractivity contribution in [1.82, 2.24) is 14.8 Å². The third kappa shape index (κ3) is 1.71. The van der Waals surface area contributed by atoms with Gasteiger partial charge in [0.05, 0.1) is 6.54 Å². The third-order valence-electron chi connectivity index (χ3n) is 1.05. The molecule has 0 aromatic carbocycles. The predicted octanol–water partition coefficient (Wildman–Crippen LogP) is -0.855. The highest BCUT2D eigenvalue weighted by Crippen LogP contribution is 1.98. The molecule has 0 saturated heterocycles. The Bertz CT molecular complexity index is 257. The smallest absolute Gasteiger partial charge is 0.390 e. The van der Waals surface area contributed by atoms with Gasteiger partial charge in [-0.2, -0.15) is 4.68 Å². The summed E-state index contributed by atoms with van der Waals surface area (Å²) in [5.74, 6) is -0.390. The van der Waals surface area contributed by atoms with Gasteiger partial charge < -0.3 is 15.8 Å². The van der Waals surface area contributed by atoms with Crippen LogP contribution in [0.15, 0.2) is 6.33 Å². The van der Waals surface area contributed by atoms with Crippen LogP contribution >= 0.6 is 0 Å². The van der Waals surface area contributed by atoms with Crippen molar-refractivity contribution in [1.29, 1.82) is 0 Å². The van der Waals surface area contributed by atoms with Crippen molar-refractivity contribution < 1.29 is 4.92 Å². The average molecular weight is 157 g/mol. The van der Waals surface area contributed by atoms with E-state index >= 15 is 0 Å². The predicted molar refractivity (Wildman–Crippen MR) is 35.7 cm³/mol. The van der Waals surface area contributed by atoms with E-state index in [1.165, 1.54) is 11.0 Å². The molecule has 0 saturated carbocycles. The van der Waals surface area contributed by atoms with Crippen LogP contribution in [0, 0.1) is 10.1 Å². The molecule has 0 spiro atoms. The van der Waals surface area contributed by atoms with Gasteiger partial charge in [0.15, 0.2) is 0 Å². The van der Waals surface area contributed by atoms with Gasteiger partial charge in [-0.1, -0.05) is 4.98 Å². The number of nitrogens with two attached hydrogens (primary N) is 1. The fourth-order valence-electron chi connectivity index (χ4n) is 0.608. The second-order valence-electron chi connectivity index (χ2n) is 1.85. The summed E-state index contributed by atoms with van der Waals surface area (Å²) in [4.78, 5) is 12.8. The zero-order valence-electron chi connectivity index (χ0n) is 5.67. The summed E-state index contributed by atoms with van der Waals surface area (Å²) in [5, 5.41) is 13.6. The fraction of sp³-hybridized carbons (Fsp3) is 0.500. The molecular formula is C4H7N5O2. The SMILES string of the molecule is NCCn1cnc([N+](=O)[O-])n1. The summed E-state index contributed by atoms with van der Waals surface area (Å²) >= 11 is 0. The minimum absolute atomic E-state index is 0.389. The van der Waals surface area contributed by atoms with Gasteiger partial charge in [-0.05, 0) is 4.92 Å². The molecule has 0 unspecified atom stereocenters. The first kappa shape index (κ1) is 7.61. The summed E-state index contributed by atoms with van der Waals surface area (Å²) in [6, 6.07) is 0. The van der Waals surface area contributed by atoms with Crippen LogP contribution < -0.4 is 5.73 Å². The van der Waals surface area contributed by atoms with Gasteiger partial charge in [0.25, 0.3) is 0 Å². The molecule has 0 aliphatic rings. The van der Waals surface area contributed by atoms with E-state index < -0.39 is 10.9 Å². The van der Waals surface area contributed by atoms with Crippen molar-refractivity contribution in [3.8, 4) is 0 Å². The topological polar surface area (TPSA) is 99.9 Å². The quantitative estimate of drug-likeness (QED) is 0.454. The number of nitrogens with zero attached hydrogens (tertiary/aromatic N) is 4. The van der Waals surface area contributed by atoms with E-state index in [0.717, 1.165) is 0 Å². The van der Waals surface area contributed by atoms with Crippen LogP contribution in [0.2, 0.25) is 0 Å². The molecule has 0 atom stereocenters. The maximum atomic E-state index is 10.1. The molecule has 0 aliphatic heterocycles. The van der Waals surface area contributed by atoms with Gasteiger partial charge in [-0.15, -0.1) is 0 Å². The van der Waals surface area contributed by atoms with Crippen LogP contribution in [0.5, 0.6) is 0 Å². The molecule has 0 aliphatic carbocycles. The normalized spacial score (nSPS) is 9.91. The lowest BCUT2D eigenvalue weighted by Gasteiger charge is -1.87. The van der Waals surface area contributed by atoms with Gasteiger partial charge in [0, 0.05) is 11.6 Å². The van der Waals surface area contributed by atoms with Gasteiger partial charge in [-0.25, -0.2) is 0 Å². The van der Waals surface area contributed by atoms with Crippen molar-refractivity contribution in [2.75, 3.05) is 6.54 Å². The molecular weight excluding hydrogens is 150 g/mol. The largest absolute Gasteiger partial charge is 0.490 e. The molecule has 2 N–H and O–H groups in total. The van der Waals surface area contributed by atoms with E-state index in [0.29, 0.717) is 13.1 Å². The van der Waals surface area contributed by atoms with Crippen LogP contribution in [0.3, 0.4) is 0 Å². The third-order valence-corrected chi connectivity index (χ3v) is 1.05. The molecule has 0 fully saturated rings.